The van der Waals surface area contributed by atoms with E-state index in [1.807, 2.05) is 0 Å². The second kappa shape index (κ2) is 9.31. The summed E-state index contributed by atoms with van der Waals surface area (Å²) in [5, 5.41) is 8.86. The summed E-state index contributed by atoms with van der Waals surface area (Å²) in [4.78, 5) is 16.4. The predicted octanol–water partition coefficient (Wildman–Crippen LogP) is 3.79. The van der Waals surface area contributed by atoms with E-state index < -0.39 is 15.8 Å². The highest BCUT2D eigenvalue weighted by atomic mass is 32.2. The lowest BCUT2D eigenvalue weighted by Gasteiger charge is -2.30. The van der Waals surface area contributed by atoms with Crippen LogP contribution in [-0.2, 0) is 14.8 Å². The molecule has 32 heavy (non-hydrogen) atoms. The lowest BCUT2D eigenvalue weighted by Crippen LogP contribution is -2.41. The first kappa shape index (κ1) is 22.3. The third-order valence-electron chi connectivity index (χ3n) is 5.24. The summed E-state index contributed by atoms with van der Waals surface area (Å²) in [6.45, 7) is 1.93. The van der Waals surface area contributed by atoms with Crippen LogP contribution in [-0.4, -0.2) is 41.9 Å². The third kappa shape index (κ3) is 4.64. The number of thiazole rings is 1. The standard InChI is InChI=1S/C21H21FN4O4S2/c1-14-19(18(30-25-14)7-6-15-4-2-3-5-17(15)22)32(28,29)26-11-8-16(9-12-26)20(27)24-21-23-10-13-31-21/h2-7,10,13,16H,8-9,11-12H2,1H3,(H,23,24,27). The van der Waals surface area contributed by atoms with Crippen LogP contribution in [0, 0.1) is 18.7 Å². The molecule has 8 nitrogen and oxygen atoms in total. The molecule has 3 heterocycles. The number of halogens is 1. The van der Waals surface area contributed by atoms with Gasteiger partial charge in [0.15, 0.2) is 15.8 Å². The van der Waals surface area contributed by atoms with Gasteiger partial charge >= 0.3 is 0 Å². The number of hydrogen-bond donors (Lipinski definition) is 1. The molecule has 0 radical (unpaired) electrons. The molecular weight excluding hydrogens is 455 g/mol. The Morgan fingerprint density at radius 3 is 2.72 bits per heavy atom. The number of carbonyl (C=O) groups is 1. The maximum absolute atomic E-state index is 13.9. The third-order valence-corrected chi connectivity index (χ3v) is 7.98. The van der Waals surface area contributed by atoms with Crippen LogP contribution in [0.1, 0.15) is 29.9 Å². The van der Waals surface area contributed by atoms with Crippen LogP contribution >= 0.6 is 11.3 Å². The summed E-state index contributed by atoms with van der Waals surface area (Å²) in [6, 6.07) is 6.14. The van der Waals surface area contributed by atoms with Gasteiger partial charge in [0.05, 0.1) is 0 Å². The van der Waals surface area contributed by atoms with Crippen LogP contribution in [0.3, 0.4) is 0 Å². The van der Waals surface area contributed by atoms with Gasteiger partial charge in [0.1, 0.15) is 11.5 Å². The quantitative estimate of drug-likeness (QED) is 0.580. The van der Waals surface area contributed by atoms with Crippen LogP contribution in [0.2, 0.25) is 0 Å². The van der Waals surface area contributed by atoms with E-state index in [1.165, 1.54) is 33.9 Å². The molecule has 1 amide bonds. The van der Waals surface area contributed by atoms with Crippen molar-refractivity contribution < 1.29 is 22.1 Å². The van der Waals surface area contributed by atoms with Crippen molar-refractivity contribution in [1.82, 2.24) is 14.4 Å². The number of aryl methyl sites for hydroxylation is 1. The van der Waals surface area contributed by atoms with Crippen molar-refractivity contribution in [3.05, 3.63) is 58.7 Å². The number of hydrogen-bond acceptors (Lipinski definition) is 7. The largest absolute Gasteiger partial charge is 0.355 e. The van der Waals surface area contributed by atoms with E-state index in [0.29, 0.717) is 23.5 Å². The zero-order valence-electron chi connectivity index (χ0n) is 17.2. The molecule has 0 saturated carbocycles. The van der Waals surface area contributed by atoms with Crippen molar-refractivity contribution >= 4 is 44.6 Å². The number of benzene rings is 1. The number of anilines is 1. The summed E-state index contributed by atoms with van der Waals surface area (Å²) >= 11 is 1.33. The minimum absolute atomic E-state index is 0.0365. The lowest BCUT2D eigenvalue weighted by atomic mass is 9.97. The van der Waals surface area contributed by atoms with Gasteiger partial charge in [0.2, 0.25) is 15.9 Å². The summed E-state index contributed by atoms with van der Waals surface area (Å²) in [7, 11) is -3.90. The zero-order chi connectivity index (χ0) is 22.7. The number of nitrogens with zero attached hydrogens (tertiary/aromatic N) is 3. The van der Waals surface area contributed by atoms with Gasteiger partial charge < -0.3 is 9.84 Å². The molecular formula is C21H21FN4O4S2. The fourth-order valence-electron chi connectivity index (χ4n) is 3.55. The summed E-state index contributed by atoms with van der Waals surface area (Å²) in [5.74, 6) is -0.849. The Morgan fingerprint density at radius 2 is 2.03 bits per heavy atom. The summed E-state index contributed by atoms with van der Waals surface area (Å²) in [5.41, 5.74) is 0.527. The highest BCUT2D eigenvalue weighted by Gasteiger charge is 2.36. The Labute approximate surface area is 188 Å². The van der Waals surface area contributed by atoms with Crippen molar-refractivity contribution in [3.63, 3.8) is 0 Å². The molecule has 1 saturated heterocycles. The number of rotatable bonds is 6. The Balaban J connectivity index is 1.48. The second-order valence-electron chi connectivity index (χ2n) is 7.32. The number of piperidine rings is 1. The van der Waals surface area contributed by atoms with Gasteiger partial charge in [-0.2, -0.15) is 4.31 Å². The number of carbonyl (C=O) groups excluding carboxylic acids is 1. The normalized spacial score (nSPS) is 15.9. The Morgan fingerprint density at radius 1 is 1.28 bits per heavy atom. The molecule has 0 bridgehead atoms. The average molecular weight is 477 g/mol. The Kier molecular flexibility index (Phi) is 6.49. The van der Waals surface area contributed by atoms with E-state index in [1.54, 1.807) is 36.7 Å². The molecule has 0 unspecified atom stereocenters. The molecule has 0 spiro atoms. The first-order valence-electron chi connectivity index (χ1n) is 9.95. The molecule has 1 aliphatic rings. The van der Waals surface area contributed by atoms with Crippen molar-refractivity contribution in [1.29, 1.82) is 0 Å². The summed E-state index contributed by atoms with van der Waals surface area (Å²) in [6.07, 6.45) is 5.24. The highest BCUT2D eigenvalue weighted by molar-refractivity contribution is 7.89. The van der Waals surface area contributed by atoms with Gasteiger partial charge in [-0.15, -0.1) is 11.3 Å². The molecule has 2 aromatic heterocycles. The molecule has 0 atom stereocenters. The van der Waals surface area contributed by atoms with E-state index >= 15 is 0 Å². The molecule has 3 aromatic rings. The maximum atomic E-state index is 13.9. The number of nitrogens with one attached hydrogen (secondary N) is 1. The zero-order valence-corrected chi connectivity index (χ0v) is 18.8. The SMILES string of the molecule is Cc1noc(C=Cc2ccccc2F)c1S(=O)(=O)N1CCC(C(=O)Nc2nccs2)CC1. The van der Waals surface area contributed by atoms with E-state index in [2.05, 4.69) is 15.5 Å². The van der Waals surface area contributed by atoms with E-state index in [-0.39, 0.29) is 41.3 Å². The van der Waals surface area contributed by atoms with E-state index in [9.17, 15) is 17.6 Å². The first-order chi connectivity index (χ1) is 15.4. The minimum atomic E-state index is -3.90. The molecule has 1 aliphatic heterocycles. The van der Waals surface area contributed by atoms with Crippen molar-refractivity contribution in [2.45, 2.75) is 24.7 Å². The predicted molar refractivity (Wildman–Crippen MR) is 119 cm³/mol. The first-order valence-corrected chi connectivity index (χ1v) is 12.3. The topological polar surface area (TPSA) is 105 Å². The Bertz CT molecular complexity index is 1230. The number of sulfonamides is 1. The number of amides is 1. The second-order valence-corrected chi connectivity index (χ2v) is 10.1. The smallest absolute Gasteiger partial charge is 0.248 e. The van der Waals surface area contributed by atoms with Gasteiger partial charge in [0.25, 0.3) is 0 Å². The minimum Gasteiger partial charge on any atom is -0.355 e. The maximum Gasteiger partial charge on any atom is 0.248 e. The van der Waals surface area contributed by atoms with Crippen molar-refractivity contribution in [2.75, 3.05) is 18.4 Å². The number of aromatic nitrogens is 2. The van der Waals surface area contributed by atoms with Crippen molar-refractivity contribution in [3.8, 4) is 0 Å². The van der Waals surface area contributed by atoms with Gasteiger partial charge in [-0.1, -0.05) is 23.4 Å². The van der Waals surface area contributed by atoms with Crippen molar-refractivity contribution in [2.24, 2.45) is 5.92 Å². The van der Waals surface area contributed by atoms with Crippen LogP contribution in [0.25, 0.3) is 12.2 Å². The molecule has 4 rings (SSSR count). The van der Waals surface area contributed by atoms with Gasteiger partial charge in [-0.05, 0) is 38.0 Å². The monoisotopic (exact) mass is 476 g/mol. The van der Waals surface area contributed by atoms with Gasteiger partial charge in [0, 0.05) is 36.1 Å². The van der Waals surface area contributed by atoms with Gasteiger partial charge in [-0.25, -0.2) is 17.8 Å². The lowest BCUT2D eigenvalue weighted by molar-refractivity contribution is -0.120. The van der Waals surface area contributed by atoms with Crippen LogP contribution in [0.15, 0.2) is 45.3 Å². The van der Waals surface area contributed by atoms with Crippen LogP contribution in [0.4, 0.5) is 9.52 Å². The molecule has 168 valence electrons. The fourth-order valence-corrected chi connectivity index (χ4v) is 5.81. The average Bonchev–Trinajstić information content (AvgIpc) is 3.43. The molecule has 1 aromatic carbocycles. The Hall–Kier alpha value is -2.89. The molecule has 0 aliphatic carbocycles. The summed E-state index contributed by atoms with van der Waals surface area (Å²) < 4.78 is 47.1. The molecule has 1 N–H and O–H groups in total. The van der Waals surface area contributed by atoms with Gasteiger partial charge in [-0.3, -0.25) is 4.79 Å². The van der Waals surface area contributed by atoms with E-state index in [4.69, 9.17) is 4.52 Å². The van der Waals surface area contributed by atoms with Crippen LogP contribution < -0.4 is 5.32 Å². The highest BCUT2D eigenvalue weighted by Crippen LogP contribution is 2.30. The molecule has 11 heteroatoms. The van der Waals surface area contributed by atoms with E-state index in [0.717, 1.165) is 0 Å². The fraction of sp³-hybridized carbons (Fsp3) is 0.286. The van der Waals surface area contributed by atoms with Crippen LogP contribution in [0.5, 0.6) is 0 Å². The molecule has 1 fully saturated rings.